The Hall–Kier alpha value is -2.80. The number of carbonyl (C=O) groups excluding carboxylic acids is 1. The van der Waals surface area contributed by atoms with Crippen molar-refractivity contribution in [2.45, 2.75) is 41.5 Å². The highest BCUT2D eigenvalue weighted by Gasteiger charge is 2.44. The molecule has 39 heavy (non-hydrogen) atoms. The quantitative estimate of drug-likeness (QED) is 0.469. The molecule has 2 aromatic rings. The summed E-state index contributed by atoms with van der Waals surface area (Å²) in [6.07, 6.45) is 1.74. The summed E-state index contributed by atoms with van der Waals surface area (Å²) in [6, 6.07) is 13.7. The lowest BCUT2D eigenvalue weighted by atomic mass is 9.93. The molecule has 212 valence electrons. The van der Waals surface area contributed by atoms with Crippen molar-refractivity contribution in [1.82, 2.24) is 14.9 Å². The topological polar surface area (TPSA) is 122 Å². The van der Waals surface area contributed by atoms with E-state index in [0.29, 0.717) is 42.8 Å². The van der Waals surface area contributed by atoms with Crippen LogP contribution in [0.25, 0.3) is 11.1 Å². The number of methoxy groups -OCH3 is 1. The van der Waals surface area contributed by atoms with E-state index in [0.717, 1.165) is 5.41 Å². The molecule has 1 amide bonds. The number of sulfone groups is 1. The van der Waals surface area contributed by atoms with E-state index >= 15 is 4.39 Å². The van der Waals surface area contributed by atoms with Gasteiger partial charge in [0.25, 0.3) is 5.91 Å². The van der Waals surface area contributed by atoms with Gasteiger partial charge in [-0.15, -0.1) is 0 Å². The third-order valence-electron chi connectivity index (χ3n) is 7.22. The molecule has 4 rings (SSSR count). The minimum atomic E-state index is -3.97. The minimum Gasteiger partial charge on any atom is -0.497 e. The Morgan fingerprint density at radius 1 is 1.10 bits per heavy atom. The molecule has 2 aliphatic rings. The summed E-state index contributed by atoms with van der Waals surface area (Å²) >= 11 is 0. The maximum absolute atomic E-state index is 15.5. The average Bonchev–Trinajstić information content (AvgIpc) is 2.96. The number of piperidine rings is 2. The van der Waals surface area contributed by atoms with E-state index < -0.39 is 36.7 Å². The molecule has 12 heteroatoms. The number of amides is 1. The van der Waals surface area contributed by atoms with Crippen molar-refractivity contribution in [3.63, 3.8) is 0 Å². The maximum atomic E-state index is 15.5. The maximum Gasteiger partial charge on any atom is 0.258 e. The van der Waals surface area contributed by atoms with Gasteiger partial charge in [0.15, 0.2) is 15.5 Å². The third-order valence-corrected chi connectivity index (χ3v) is 11.2. The SMILES string of the molecule is COc1cccc(-c2ccccc2S(=O)(=O)N2CCC(F)(C(=O)NC/C=C/S(=O)(=O)C3CCNCC3)CC2)c1. The van der Waals surface area contributed by atoms with Gasteiger partial charge in [-0.1, -0.05) is 36.4 Å². The van der Waals surface area contributed by atoms with Crippen molar-refractivity contribution in [2.24, 2.45) is 0 Å². The van der Waals surface area contributed by atoms with Gasteiger partial charge in [-0.2, -0.15) is 4.31 Å². The highest BCUT2D eigenvalue weighted by atomic mass is 32.2. The molecule has 9 nitrogen and oxygen atoms in total. The fourth-order valence-corrected chi connectivity index (χ4v) is 8.03. The number of nitrogens with zero attached hydrogens (tertiary/aromatic N) is 1. The molecule has 0 unspecified atom stereocenters. The normalized spacial score (nSPS) is 19.1. The summed E-state index contributed by atoms with van der Waals surface area (Å²) in [5, 5.41) is 6.18. The number of carbonyl (C=O) groups is 1. The Balaban J connectivity index is 1.38. The van der Waals surface area contributed by atoms with Gasteiger partial charge in [0.2, 0.25) is 10.0 Å². The molecule has 0 radical (unpaired) electrons. The lowest BCUT2D eigenvalue weighted by Gasteiger charge is -2.34. The lowest BCUT2D eigenvalue weighted by molar-refractivity contribution is -0.135. The fraction of sp³-hybridized carbons (Fsp3) is 0.444. The van der Waals surface area contributed by atoms with Crippen LogP contribution in [0.1, 0.15) is 25.7 Å². The number of hydrogen-bond donors (Lipinski definition) is 2. The molecule has 0 spiro atoms. The largest absolute Gasteiger partial charge is 0.497 e. The number of rotatable bonds is 9. The standard InChI is InChI=1S/C27H34FN3O6S2/c1-37-22-7-4-6-21(20-22)24-8-2-3-9-25(24)39(35,36)31-17-12-27(28,13-18-31)26(32)30-14-5-19-38(33,34)23-10-15-29-16-11-23/h2-9,19-20,23,29H,10-18H2,1H3,(H,30,32)/b19-5+. The first kappa shape index (κ1) is 29.2. The number of ether oxygens (including phenoxy) is 1. The molecule has 2 aromatic carbocycles. The molecule has 0 bridgehead atoms. The average molecular weight is 580 g/mol. The van der Waals surface area contributed by atoms with E-state index in [1.165, 1.54) is 23.6 Å². The Morgan fingerprint density at radius 3 is 2.49 bits per heavy atom. The van der Waals surface area contributed by atoms with Crippen LogP contribution in [0.5, 0.6) is 5.75 Å². The van der Waals surface area contributed by atoms with E-state index in [1.54, 1.807) is 42.5 Å². The van der Waals surface area contributed by atoms with Gasteiger partial charge in [-0.3, -0.25) is 4.79 Å². The van der Waals surface area contributed by atoms with Crippen LogP contribution in [-0.2, 0) is 24.7 Å². The second-order valence-corrected chi connectivity index (χ2v) is 13.7. The molecule has 0 atom stereocenters. The van der Waals surface area contributed by atoms with Crippen LogP contribution in [0.2, 0.25) is 0 Å². The summed E-state index contributed by atoms with van der Waals surface area (Å²) in [7, 11) is -5.89. The third kappa shape index (κ3) is 6.68. The van der Waals surface area contributed by atoms with Crippen LogP contribution in [0, 0.1) is 0 Å². The van der Waals surface area contributed by atoms with E-state index in [2.05, 4.69) is 10.6 Å². The number of halogens is 1. The first-order valence-electron chi connectivity index (χ1n) is 12.9. The first-order chi connectivity index (χ1) is 18.6. The fourth-order valence-electron chi connectivity index (χ4n) is 4.90. The molecule has 0 saturated carbocycles. The van der Waals surface area contributed by atoms with E-state index in [9.17, 15) is 21.6 Å². The first-order valence-corrected chi connectivity index (χ1v) is 15.9. The van der Waals surface area contributed by atoms with Crippen LogP contribution in [-0.4, -0.2) is 77.8 Å². The Bertz CT molecular complexity index is 1410. The van der Waals surface area contributed by atoms with Gasteiger partial charge >= 0.3 is 0 Å². The summed E-state index contributed by atoms with van der Waals surface area (Å²) in [4.78, 5) is 12.7. The predicted octanol–water partition coefficient (Wildman–Crippen LogP) is 2.65. The molecule has 2 aliphatic heterocycles. The summed E-state index contributed by atoms with van der Waals surface area (Å²) < 4.78 is 73.9. The van der Waals surface area contributed by atoms with Crippen LogP contribution < -0.4 is 15.4 Å². The van der Waals surface area contributed by atoms with E-state index in [-0.39, 0.29) is 37.4 Å². The lowest BCUT2D eigenvalue weighted by Crippen LogP contribution is -2.52. The highest BCUT2D eigenvalue weighted by molar-refractivity contribution is 7.94. The van der Waals surface area contributed by atoms with Crippen molar-refractivity contribution in [3.05, 3.63) is 60.0 Å². The zero-order valence-electron chi connectivity index (χ0n) is 21.8. The van der Waals surface area contributed by atoms with Gasteiger partial charge in [0, 0.05) is 43.4 Å². The van der Waals surface area contributed by atoms with E-state index in [4.69, 9.17) is 4.74 Å². The van der Waals surface area contributed by atoms with E-state index in [1.807, 2.05) is 0 Å². The predicted molar refractivity (Wildman–Crippen MR) is 147 cm³/mol. The molecule has 0 aromatic heterocycles. The van der Waals surface area contributed by atoms with Crippen molar-refractivity contribution in [2.75, 3.05) is 39.8 Å². The summed E-state index contributed by atoms with van der Waals surface area (Å²) in [5.41, 5.74) is -1.09. The van der Waals surface area contributed by atoms with Gasteiger partial charge < -0.3 is 15.4 Å². The number of hydrogen-bond acceptors (Lipinski definition) is 7. The zero-order chi connectivity index (χ0) is 28.1. The van der Waals surface area contributed by atoms with Gasteiger partial charge in [-0.25, -0.2) is 21.2 Å². The zero-order valence-corrected chi connectivity index (χ0v) is 23.4. The van der Waals surface area contributed by atoms with Crippen LogP contribution in [0.15, 0.2) is 64.9 Å². The van der Waals surface area contributed by atoms with Crippen LogP contribution in [0.3, 0.4) is 0 Å². The van der Waals surface area contributed by atoms with Crippen molar-refractivity contribution < 1.29 is 30.8 Å². The summed E-state index contributed by atoms with van der Waals surface area (Å²) in [5.74, 6) is -0.287. The van der Waals surface area contributed by atoms with Crippen LogP contribution in [0.4, 0.5) is 4.39 Å². The molecule has 2 saturated heterocycles. The van der Waals surface area contributed by atoms with Crippen LogP contribution >= 0.6 is 0 Å². The van der Waals surface area contributed by atoms with Gasteiger partial charge in [-0.05, 0) is 49.7 Å². The molecular formula is C27H34FN3O6S2. The molecule has 2 heterocycles. The van der Waals surface area contributed by atoms with Gasteiger partial charge in [0.1, 0.15) is 5.75 Å². The highest BCUT2D eigenvalue weighted by Crippen LogP contribution is 2.34. The van der Waals surface area contributed by atoms with Crippen molar-refractivity contribution >= 4 is 25.8 Å². The van der Waals surface area contributed by atoms with Crippen molar-refractivity contribution in [3.8, 4) is 16.9 Å². The summed E-state index contributed by atoms with van der Waals surface area (Å²) in [6.45, 7) is 0.804. The smallest absolute Gasteiger partial charge is 0.258 e. The Morgan fingerprint density at radius 2 is 1.79 bits per heavy atom. The molecule has 0 aliphatic carbocycles. The number of alkyl halides is 1. The molecule has 2 N–H and O–H groups in total. The second-order valence-electron chi connectivity index (χ2n) is 9.72. The monoisotopic (exact) mass is 579 g/mol. The molecular weight excluding hydrogens is 545 g/mol. The molecule has 2 fully saturated rings. The minimum absolute atomic E-state index is 0.0918. The Kier molecular flexibility index (Phi) is 9.10. The number of nitrogens with one attached hydrogen (secondary N) is 2. The Labute approximate surface area is 229 Å². The second kappa shape index (κ2) is 12.2. The van der Waals surface area contributed by atoms with Gasteiger partial charge in [0.05, 0.1) is 17.3 Å². The van der Waals surface area contributed by atoms with Crippen molar-refractivity contribution in [1.29, 1.82) is 0 Å². The number of benzene rings is 2. The number of sulfonamides is 1.